The van der Waals surface area contributed by atoms with Crippen LogP contribution in [0.2, 0.25) is 0 Å². The number of carbonyl (C=O) groups excluding carboxylic acids is 2. The van der Waals surface area contributed by atoms with Gasteiger partial charge >= 0.3 is 12.2 Å². The molecule has 4 aromatic rings. The zero-order valence-electron chi connectivity index (χ0n) is 22.7. The fourth-order valence-corrected chi connectivity index (χ4v) is 3.98. The Bertz CT molecular complexity index is 1350. The van der Waals surface area contributed by atoms with Crippen molar-refractivity contribution in [1.29, 1.82) is 0 Å². The fourth-order valence-electron chi connectivity index (χ4n) is 3.98. The van der Waals surface area contributed by atoms with Crippen LogP contribution in [0.25, 0.3) is 11.1 Å². The predicted molar refractivity (Wildman–Crippen MR) is 155 cm³/mol. The minimum atomic E-state index is -0.758. The molecule has 40 heavy (non-hydrogen) atoms. The molecule has 1 N–H and O–H groups in total. The molecule has 0 fully saturated rings. The number of amides is 2. The molecule has 4 aromatic carbocycles. The van der Waals surface area contributed by atoms with Crippen molar-refractivity contribution >= 4 is 17.9 Å². The monoisotopic (exact) mass is 539 g/mol. The number of hydrogen-bond donors (Lipinski definition) is 1. The van der Waals surface area contributed by atoms with Crippen molar-refractivity contribution in [3.63, 3.8) is 0 Å². The summed E-state index contributed by atoms with van der Waals surface area (Å²) in [5.74, 6) is 0.798. The Hall–Kier alpha value is -4.98. The number of methoxy groups -OCH3 is 1. The molecule has 0 bridgehead atoms. The highest BCUT2D eigenvalue weighted by Crippen LogP contribution is 2.25. The van der Waals surface area contributed by atoms with E-state index in [0.29, 0.717) is 6.54 Å². The highest BCUT2D eigenvalue weighted by atomic mass is 16.6. The van der Waals surface area contributed by atoms with Crippen LogP contribution in [0.3, 0.4) is 0 Å². The first-order valence-electron chi connectivity index (χ1n) is 13.0. The zero-order chi connectivity index (χ0) is 28.2. The molecule has 0 aromatic heterocycles. The molecule has 0 saturated carbocycles. The third kappa shape index (κ3) is 8.01. The van der Waals surface area contributed by atoms with Crippen LogP contribution in [0.1, 0.15) is 18.1 Å². The molecule has 206 valence electrons. The molecule has 0 aliphatic carbocycles. The fraction of sp³-hybridized carbons (Fsp3) is 0.188. The van der Waals surface area contributed by atoms with Gasteiger partial charge in [0.1, 0.15) is 25.6 Å². The van der Waals surface area contributed by atoms with E-state index in [9.17, 15) is 9.59 Å². The van der Waals surface area contributed by atoms with Crippen molar-refractivity contribution in [3.05, 3.63) is 120 Å². The van der Waals surface area contributed by atoms with Crippen LogP contribution in [0, 0.1) is 0 Å². The van der Waals surface area contributed by atoms with Crippen LogP contribution in [-0.2, 0) is 22.7 Å². The van der Waals surface area contributed by atoms with Gasteiger partial charge in [0.25, 0.3) is 0 Å². The number of benzene rings is 4. The van der Waals surface area contributed by atoms with Crippen molar-refractivity contribution in [1.82, 2.24) is 10.4 Å². The van der Waals surface area contributed by atoms with Gasteiger partial charge in [-0.15, -0.1) is 0 Å². The predicted octanol–water partition coefficient (Wildman–Crippen LogP) is 6.63. The average molecular weight is 540 g/mol. The Morgan fingerprint density at radius 2 is 1.23 bits per heavy atom. The van der Waals surface area contributed by atoms with Crippen molar-refractivity contribution in [2.24, 2.45) is 0 Å². The summed E-state index contributed by atoms with van der Waals surface area (Å²) in [6, 6.07) is 34.5. The summed E-state index contributed by atoms with van der Waals surface area (Å²) in [5.41, 5.74) is 7.20. The van der Waals surface area contributed by atoms with Crippen LogP contribution in [0.5, 0.6) is 5.75 Å². The molecule has 2 amide bonds. The number of anilines is 1. The maximum atomic E-state index is 13.1. The van der Waals surface area contributed by atoms with Crippen molar-refractivity contribution in [3.8, 4) is 16.9 Å². The molecule has 0 aliphatic heterocycles. The van der Waals surface area contributed by atoms with E-state index in [4.69, 9.17) is 14.2 Å². The van der Waals surface area contributed by atoms with E-state index in [0.717, 1.165) is 38.7 Å². The quantitative estimate of drug-likeness (QED) is 0.180. The summed E-state index contributed by atoms with van der Waals surface area (Å²) in [5, 5.41) is 1.12. The summed E-state index contributed by atoms with van der Waals surface area (Å²) in [4.78, 5) is 27.7. The molecule has 0 unspecified atom stereocenters. The second-order valence-electron chi connectivity index (χ2n) is 8.91. The lowest BCUT2D eigenvalue weighted by atomic mass is 10.1. The average Bonchev–Trinajstić information content (AvgIpc) is 3.02. The van der Waals surface area contributed by atoms with Crippen LogP contribution in [0.15, 0.2) is 109 Å². The summed E-state index contributed by atoms with van der Waals surface area (Å²) in [6.45, 7) is 2.74. The van der Waals surface area contributed by atoms with E-state index in [1.54, 1.807) is 7.11 Å². The molecule has 8 nitrogen and oxygen atoms in total. The first-order valence-corrected chi connectivity index (χ1v) is 13.0. The number of carbonyl (C=O) groups is 2. The van der Waals surface area contributed by atoms with Gasteiger partial charge in [0.2, 0.25) is 0 Å². The van der Waals surface area contributed by atoms with Crippen LogP contribution in [0.4, 0.5) is 15.3 Å². The number of rotatable bonds is 10. The normalized spacial score (nSPS) is 10.3. The van der Waals surface area contributed by atoms with Gasteiger partial charge in [-0.2, -0.15) is 5.01 Å². The summed E-state index contributed by atoms with van der Waals surface area (Å²) < 4.78 is 16.1. The Kier molecular flexibility index (Phi) is 9.99. The molecule has 8 heteroatoms. The van der Waals surface area contributed by atoms with E-state index in [1.807, 2.05) is 121 Å². The lowest BCUT2D eigenvalue weighted by Crippen LogP contribution is -2.52. The number of hydrogen-bond acceptors (Lipinski definition) is 6. The second-order valence-corrected chi connectivity index (χ2v) is 8.91. The SMILES string of the molecule is CCN(CN(NC(=O)OCc1ccccc1)C(=O)OCc1ccccc1)c1ccc(-c2ccc(OC)cc2)cc1. The van der Waals surface area contributed by atoms with Gasteiger partial charge < -0.3 is 19.1 Å². The van der Waals surface area contributed by atoms with Crippen molar-refractivity contribution < 1.29 is 23.8 Å². The second kappa shape index (κ2) is 14.2. The summed E-state index contributed by atoms with van der Waals surface area (Å²) in [6.07, 6.45) is -1.46. The summed E-state index contributed by atoms with van der Waals surface area (Å²) in [7, 11) is 1.64. The third-order valence-corrected chi connectivity index (χ3v) is 6.21. The van der Waals surface area contributed by atoms with Crippen molar-refractivity contribution in [2.45, 2.75) is 20.1 Å². The molecule has 4 rings (SSSR count). The molecule has 0 saturated heterocycles. The zero-order valence-corrected chi connectivity index (χ0v) is 22.7. The minimum absolute atomic E-state index is 0.0481. The minimum Gasteiger partial charge on any atom is -0.497 e. The number of hydrazine groups is 1. The van der Waals surface area contributed by atoms with E-state index in [2.05, 4.69) is 5.43 Å². The van der Waals surface area contributed by atoms with E-state index in [-0.39, 0.29) is 19.9 Å². The third-order valence-electron chi connectivity index (χ3n) is 6.21. The lowest BCUT2D eigenvalue weighted by molar-refractivity contribution is 0.0644. The molecular formula is C32H33N3O5. The first kappa shape index (κ1) is 28.0. The Morgan fingerprint density at radius 1 is 0.700 bits per heavy atom. The molecule has 0 aliphatic rings. The number of nitrogens with one attached hydrogen (secondary N) is 1. The van der Waals surface area contributed by atoms with Gasteiger partial charge in [-0.1, -0.05) is 84.9 Å². The van der Waals surface area contributed by atoms with Gasteiger partial charge in [-0.05, 0) is 53.4 Å². The van der Waals surface area contributed by atoms with E-state index in [1.165, 1.54) is 0 Å². The Balaban J connectivity index is 1.45. The van der Waals surface area contributed by atoms with Gasteiger partial charge in [-0.3, -0.25) is 0 Å². The molecule has 0 spiro atoms. The number of ether oxygens (including phenoxy) is 3. The molecule has 0 atom stereocenters. The van der Waals surface area contributed by atoms with Crippen LogP contribution in [-0.4, -0.2) is 37.5 Å². The molecular weight excluding hydrogens is 506 g/mol. The standard InChI is InChI=1S/C32H33N3O5/c1-3-34(29-18-14-27(15-19-29)28-16-20-30(38-2)21-17-28)24-35(32(37)40-23-26-12-8-5-9-13-26)33-31(36)39-22-25-10-6-4-7-11-25/h4-21H,3,22-24H2,1-2H3,(H,33,36). The smallest absolute Gasteiger partial charge is 0.430 e. The maximum Gasteiger partial charge on any atom is 0.430 e. The van der Waals surface area contributed by atoms with Crippen LogP contribution >= 0.6 is 0 Å². The number of nitrogens with zero attached hydrogens (tertiary/aromatic N) is 2. The highest BCUT2D eigenvalue weighted by molar-refractivity contribution is 5.74. The first-order chi connectivity index (χ1) is 19.6. The van der Waals surface area contributed by atoms with Gasteiger partial charge in [0, 0.05) is 12.2 Å². The van der Waals surface area contributed by atoms with Gasteiger partial charge in [-0.25, -0.2) is 15.0 Å². The van der Waals surface area contributed by atoms with Gasteiger partial charge in [0.15, 0.2) is 0 Å². The Labute approximate surface area is 234 Å². The van der Waals surface area contributed by atoms with E-state index < -0.39 is 12.2 Å². The Morgan fingerprint density at radius 3 is 1.75 bits per heavy atom. The molecule has 0 radical (unpaired) electrons. The van der Waals surface area contributed by atoms with Crippen LogP contribution < -0.4 is 15.1 Å². The van der Waals surface area contributed by atoms with E-state index >= 15 is 0 Å². The van der Waals surface area contributed by atoms with Crippen molar-refractivity contribution in [2.75, 3.05) is 25.2 Å². The maximum absolute atomic E-state index is 13.1. The largest absolute Gasteiger partial charge is 0.497 e. The summed E-state index contributed by atoms with van der Waals surface area (Å²) >= 11 is 0. The highest BCUT2D eigenvalue weighted by Gasteiger charge is 2.22. The lowest BCUT2D eigenvalue weighted by Gasteiger charge is -2.30. The molecule has 0 heterocycles. The van der Waals surface area contributed by atoms with Gasteiger partial charge in [0.05, 0.1) is 7.11 Å². The topological polar surface area (TPSA) is 80.3 Å².